The van der Waals surface area contributed by atoms with Crippen molar-refractivity contribution in [1.29, 1.82) is 0 Å². The first-order valence-electron chi connectivity index (χ1n) is 43.5. The van der Waals surface area contributed by atoms with Gasteiger partial charge in [0.05, 0.1) is 53.0 Å². The molecule has 16 rings (SSSR count). The molecule has 0 fully saturated rings. The lowest BCUT2D eigenvalue weighted by atomic mass is 10.0. The second-order valence-corrected chi connectivity index (χ2v) is 33.7. The van der Waals surface area contributed by atoms with Gasteiger partial charge in [0.25, 0.3) is 51.4 Å². The fourth-order valence-corrected chi connectivity index (χ4v) is 18.0. The highest BCUT2D eigenvalue weighted by atomic mass is 16.2. The van der Waals surface area contributed by atoms with Gasteiger partial charge in [0.1, 0.15) is 5.65 Å². The molecule has 29 heteroatoms. The maximum absolute atomic E-state index is 13.4. The van der Waals surface area contributed by atoms with E-state index in [1.165, 1.54) is 4.57 Å². The molecule has 0 aliphatic rings. The number of aromatic nitrogens is 12. The van der Waals surface area contributed by atoms with Crippen molar-refractivity contribution >= 4 is 79.2 Å². The number of aryl methyl sites for hydroxylation is 9. The third-order valence-corrected chi connectivity index (χ3v) is 24.6. The molecule has 12 N–H and O–H groups in total. The van der Waals surface area contributed by atoms with Crippen LogP contribution in [0.1, 0.15) is 221 Å². The van der Waals surface area contributed by atoms with Gasteiger partial charge in [-0.3, -0.25) is 57.4 Å². The average Bonchev–Trinajstić information content (AvgIpc) is 1.63. The number of carbonyl (C=O) groups excluding carboxylic acids is 6. The molecule has 5 aromatic carbocycles. The van der Waals surface area contributed by atoms with Gasteiger partial charge in [-0.25, -0.2) is 4.98 Å². The van der Waals surface area contributed by atoms with E-state index in [1.54, 1.807) is 56.0 Å². The number of amides is 6. The van der Waals surface area contributed by atoms with Gasteiger partial charge in [0, 0.05) is 181 Å². The van der Waals surface area contributed by atoms with Crippen molar-refractivity contribution in [1.82, 2.24) is 78.8 Å². The van der Waals surface area contributed by atoms with Gasteiger partial charge >= 0.3 is 0 Å². The Kier molecular flexibility index (Phi) is 28.3. The number of nitrogens with one attached hydrogen (secondary N) is 8. The Morgan fingerprint density at radius 2 is 0.689 bits per heavy atom. The molecule has 678 valence electrons. The Labute approximate surface area is 761 Å². The summed E-state index contributed by atoms with van der Waals surface area (Å²) in [6.07, 6.45) is 7.15. The number of pyridine rings is 6. The van der Waals surface area contributed by atoms with Crippen LogP contribution in [0.3, 0.4) is 0 Å². The third kappa shape index (κ3) is 19.7. The van der Waals surface area contributed by atoms with Crippen molar-refractivity contribution in [2.24, 2.45) is 18.5 Å². The molecule has 0 saturated heterocycles. The molecule has 0 bridgehead atoms. The van der Waals surface area contributed by atoms with Crippen LogP contribution in [0.5, 0.6) is 0 Å². The maximum Gasteiger partial charge on any atom is 0.254 e. The van der Waals surface area contributed by atoms with E-state index < -0.39 is 11.8 Å². The van der Waals surface area contributed by atoms with Crippen molar-refractivity contribution in [2.75, 3.05) is 0 Å². The average molecular weight is 1780 g/mol. The van der Waals surface area contributed by atoms with E-state index in [1.807, 2.05) is 260 Å². The van der Waals surface area contributed by atoms with E-state index in [0.29, 0.717) is 62.2 Å². The standard InChI is InChI=1S/2C27H28N4O3.C26H28N4O3.C23H26N6O2/c2*1-15-12-16(2)30-26(33)22(15)14-29-27(34)24-18(4)31(23-11-6-5-10-21(23)24)17(3)19-8-7-9-20(13-19)25(28)32;1-15-12-16(2)28-25(32)21(15)14-27-26(33)24-18(4)30(22-9-7-6-8-20(22)24)17(3)19-10-11-29(5)23(31)13-19;1-14-11-15(2)27-22(30)19(14)12-25-23(31)20-17(4)29(21-18(20)7-5-8-24-21)16(3)13-28-10-6-9-26-28/h2*5-13,17H,14H2,1-4H3,(H2,28,32)(H,29,34)(H,30,33);6-13,17H,14H2,1-5H3,(H,27,33)(H,28,32);5-11,16H,12-13H2,1-4H3,(H,25,31)(H,27,30). The van der Waals surface area contributed by atoms with Crippen LogP contribution in [0.2, 0.25) is 0 Å². The Morgan fingerprint density at radius 3 is 1.02 bits per heavy atom. The number of benzene rings is 5. The largest absolute Gasteiger partial charge is 0.366 e. The van der Waals surface area contributed by atoms with Crippen LogP contribution in [-0.2, 0) is 39.8 Å². The van der Waals surface area contributed by atoms with Gasteiger partial charge in [-0.1, -0.05) is 78.9 Å². The summed E-state index contributed by atoms with van der Waals surface area (Å²) in [6.45, 7) is 31.8. The summed E-state index contributed by atoms with van der Waals surface area (Å²) in [4.78, 5) is 154. The molecule has 29 nitrogen and oxygen atoms in total. The second kappa shape index (κ2) is 39.8. The zero-order valence-electron chi connectivity index (χ0n) is 77.1. The number of H-pyrrole nitrogens is 4. The van der Waals surface area contributed by atoms with E-state index in [-0.39, 0.29) is 102 Å². The number of rotatable bonds is 23. The molecule has 0 aliphatic heterocycles. The van der Waals surface area contributed by atoms with E-state index in [4.69, 9.17) is 11.5 Å². The molecule has 6 amide bonds. The Balaban J connectivity index is 0.000000150. The predicted octanol–water partition coefficient (Wildman–Crippen LogP) is 14.3. The molecule has 0 radical (unpaired) electrons. The first kappa shape index (κ1) is 93.8. The topological polar surface area (TPSA) is 406 Å². The van der Waals surface area contributed by atoms with Gasteiger partial charge in [-0.2, -0.15) is 5.10 Å². The van der Waals surface area contributed by atoms with Crippen LogP contribution < -0.4 is 60.5 Å². The minimum absolute atomic E-state index is 0.0426. The molecular weight excluding hydrogens is 1670 g/mol. The monoisotopic (exact) mass is 1770 g/mol. The normalized spacial score (nSPS) is 12.1. The van der Waals surface area contributed by atoms with E-state index in [9.17, 15) is 52.7 Å². The minimum atomic E-state index is -0.482. The van der Waals surface area contributed by atoms with E-state index in [2.05, 4.69) is 76.5 Å². The zero-order chi connectivity index (χ0) is 95.1. The fourth-order valence-electron chi connectivity index (χ4n) is 18.0. The number of hydrogen-bond donors (Lipinski definition) is 10. The second-order valence-electron chi connectivity index (χ2n) is 33.7. The van der Waals surface area contributed by atoms with Crippen molar-refractivity contribution in [3.63, 3.8) is 0 Å². The number of nitrogens with zero attached hydrogens (tertiary/aromatic N) is 8. The first-order chi connectivity index (χ1) is 62.9. The molecular formula is C103H110N18O11. The van der Waals surface area contributed by atoms with E-state index in [0.717, 1.165) is 128 Å². The van der Waals surface area contributed by atoms with Crippen LogP contribution in [0, 0.1) is 83.1 Å². The lowest BCUT2D eigenvalue weighted by molar-refractivity contribution is 0.0943. The molecule has 0 aliphatic carbocycles. The molecule has 16 aromatic rings. The number of primary amides is 2. The molecule has 0 spiro atoms. The van der Waals surface area contributed by atoms with Crippen molar-refractivity contribution in [3.05, 3.63) is 393 Å². The minimum Gasteiger partial charge on any atom is -0.366 e. The number of nitrogens with two attached hydrogens (primary N) is 2. The zero-order valence-corrected chi connectivity index (χ0v) is 77.1. The molecule has 132 heavy (non-hydrogen) atoms. The van der Waals surface area contributed by atoms with Crippen molar-refractivity contribution in [2.45, 2.75) is 168 Å². The highest BCUT2D eigenvalue weighted by molar-refractivity contribution is 6.11. The molecule has 11 aromatic heterocycles. The van der Waals surface area contributed by atoms with Gasteiger partial charge in [0.2, 0.25) is 11.8 Å². The van der Waals surface area contributed by atoms with Crippen LogP contribution in [0.25, 0.3) is 43.7 Å². The Hall–Kier alpha value is -15.8. The summed E-state index contributed by atoms with van der Waals surface area (Å²) in [5.74, 6) is -1.91. The van der Waals surface area contributed by atoms with Crippen LogP contribution in [-0.4, -0.2) is 93.0 Å². The number of hydrogen-bond acceptors (Lipinski definition) is 13. The SMILES string of the molecule is Cc1cc(C)c(CNC(=O)c2c(C)n(C(C)Cn3cccn3)c3ncccc23)c(=O)[nH]1.Cc1cc(C)c(CNC(=O)c2c(C)n(C(C)c3cccc(C(N)=O)c3)c3ccccc23)c(=O)[nH]1.Cc1cc(C)c(CNC(=O)c2c(C)n(C(C)c3cccc(C(N)=O)c3)c3ccccc23)c(=O)[nH]1.Cc1cc(C)c(CNC(=O)c2c(C)n(C(C)c3ccn(C)c(=O)c3)c3ccccc23)c(=O)[nH]1. The highest BCUT2D eigenvalue weighted by Gasteiger charge is 2.30. The van der Waals surface area contributed by atoms with Gasteiger partial charge in [0.15, 0.2) is 0 Å². The number of carbonyl (C=O) groups is 6. The van der Waals surface area contributed by atoms with Gasteiger partial charge < -0.3 is 75.5 Å². The quantitative estimate of drug-likeness (QED) is 0.0285. The summed E-state index contributed by atoms with van der Waals surface area (Å²) in [5.41, 5.74) is 31.4. The van der Waals surface area contributed by atoms with Crippen molar-refractivity contribution < 1.29 is 28.8 Å². The Bertz CT molecular complexity index is 7280. The van der Waals surface area contributed by atoms with Crippen LogP contribution in [0.4, 0.5) is 0 Å². The number of para-hydroxylation sites is 3. The molecule has 11 heterocycles. The van der Waals surface area contributed by atoms with E-state index >= 15 is 0 Å². The maximum atomic E-state index is 13.4. The third-order valence-electron chi connectivity index (χ3n) is 24.6. The Morgan fingerprint density at radius 1 is 0.364 bits per heavy atom. The lowest BCUT2D eigenvalue weighted by Crippen LogP contribution is -2.28. The number of aromatic amines is 4. The first-order valence-corrected chi connectivity index (χ1v) is 43.5. The molecule has 0 saturated carbocycles. The van der Waals surface area contributed by atoms with Crippen molar-refractivity contribution in [3.8, 4) is 0 Å². The van der Waals surface area contributed by atoms with Gasteiger partial charge in [-0.05, 0) is 241 Å². The predicted molar refractivity (Wildman–Crippen MR) is 515 cm³/mol. The summed E-state index contributed by atoms with van der Waals surface area (Å²) >= 11 is 0. The number of fused-ring (bicyclic) bond motifs is 4. The fraction of sp³-hybridized carbons (Fsp3) is 0.252. The summed E-state index contributed by atoms with van der Waals surface area (Å²) in [7, 11) is 1.72. The van der Waals surface area contributed by atoms with Gasteiger partial charge in [-0.15, -0.1) is 0 Å². The summed E-state index contributed by atoms with van der Waals surface area (Å²) in [6, 6.07) is 54.0. The smallest absolute Gasteiger partial charge is 0.254 e. The summed E-state index contributed by atoms with van der Waals surface area (Å²) in [5, 5.41) is 19.3. The molecule has 4 unspecified atom stereocenters. The summed E-state index contributed by atoms with van der Waals surface area (Å²) < 4.78 is 11.7. The van der Waals surface area contributed by atoms with Crippen LogP contribution >= 0.6 is 0 Å². The lowest BCUT2D eigenvalue weighted by Gasteiger charge is -2.19. The highest BCUT2D eigenvalue weighted by Crippen LogP contribution is 2.37. The molecule has 4 atom stereocenters. The van der Waals surface area contributed by atoms with Crippen LogP contribution in [0.15, 0.2) is 225 Å².